The Bertz CT molecular complexity index is 489. The zero-order valence-corrected chi connectivity index (χ0v) is 12.8. The minimum atomic E-state index is 0.247. The highest BCUT2D eigenvalue weighted by Gasteiger charge is 2.28. The average Bonchev–Trinajstić information content (AvgIpc) is 2.55. The number of carbonyl (C=O) groups is 1. The smallest absolute Gasteiger partial charge is 0.225 e. The van der Waals surface area contributed by atoms with Crippen molar-refractivity contribution in [2.24, 2.45) is 5.92 Å². The molecule has 2 fully saturated rings. The highest BCUT2D eigenvalue weighted by molar-refractivity contribution is 5.79. The predicted molar refractivity (Wildman–Crippen MR) is 85.6 cm³/mol. The van der Waals surface area contributed by atoms with E-state index in [0.29, 0.717) is 5.91 Å². The summed E-state index contributed by atoms with van der Waals surface area (Å²) in [6.07, 6.45) is 1.99. The molecule has 4 nitrogen and oxygen atoms in total. The number of amides is 1. The number of hydrogen-bond acceptors (Lipinski definition) is 3. The molecule has 0 radical (unpaired) electrons. The van der Waals surface area contributed by atoms with Crippen LogP contribution < -0.4 is 10.2 Å². The molecule has 114 valence electrons. The molecule has 0 bridgehead atoms. The summed E-state index contributed by atoms with van der Waals surface area (Å²) in [5.74, 6) is 0.622. The van der Waals surface area contributed by atoms with Gasteiger partial charge >= 0.3 is 0 Å². The van der Waals surface area contributed by atoms with Crippen LogP contribution in [0.2, 0.25) is 0 Å². The second kappa shape index (κ2) is 6.48. The van der Waals surface area contributed by atoms with Gasteiger partial charge in [-0.2, -0.15) is 0 Å². The molecule has 3 rings (SSSR count). The van der Waals surface area contributed by atoms with E-state index in [1.165, 1.54) is 11.3 Å². The Kier molecular flexibility index (Phi) is 4.44. The summed E-state index contributed by atoms with van der Waals surface area (Å²) < 4.78 is 0. The van der Waals surface area contributed by atoms with Crippen LogP contribution in [-0.2, 0) is 4.79 Å². The van der Waals surface area contributed by atoms with Crippen molar-refractivity contribution < 1.29 is 4.79 Å². The second-order valence-corrected chi connectivity index (χ2v) is 6.18. The Hall–Kier alpha value is -1.55. The van der Waals surface area contributed by atoms with E-state index < -0.39 is 0 Å². The number of piperazine rings is 1. The van der Waals surface area contributed by atoms with Gasteiger partial charge in [0.2, 0.25) is 5.91 Å². The molecular weight excluding hydrogens is 262 g/mol. The Labute approximate surface area is 127 Å². The summed E-state index contributed by atoms with van der Waals surface area (Å²) >= 11 is 0. The lowest BCUT2D eigenvalue weighted by molar-refractivity contribution is -0.136. The summed E-state index contributed by atoms with van der Waals surface area (Å²) in [6, 6.07) is 8.62. The predicted octanol–water partition coefficient (Wildman–Crippen LogP) is 1.64. The highest BCUT2D eigenvalue weighted by atomic mass is 16.2. The van der Waals surface area contributed by atoms with E-state index in [4.69, 9.17) is 0 Å². The van der Waals surface area contributed by atoms with Crippen LogP contribution in [0.15, 0.2) is 24.3 Å². The number of anilines is 1. The standard InChI is InChI=1S/C17H25N3O/c1-14-3-2-4-16(13-14)19-9-11-20(12-10-19)17(21)15-5-7-18-8-6-15/h2-4,13,15,18H,5-12H2,1H3. The van der Waals surface area contributed by atoms with Crippen molar-refractivity contribution in [3.8, 4) is 0 Å². The molecule has 0 aromatic heterocycles. The number of hydrogen-bond donors (Lipinski definition) is 1. The lowest BCUT2D eigenvalue weighted by Gasteiger charge is -2.38. The molecule has 2 heterocycles. The first kappa shape index (κ1) is 14.4. The topological polar surface area (TPSA) is 35.6 Å². The van der Waals surface area contributed by atoms with E-state index in [1.807, 2.05) is 0 Å². The molecule has 2 aliphatic rings. The van der Waals surface area contributed by atoms with Gasteiger partial charge in [-0.05, 0) is 50.6 Å². The van der Waals surface area contributed by atoms with Crippen LogP contribution in [0.3, 0.4) is 0 Å². The number of benzene rings is 1. The maximum Gasteiger partial charge on any atom is 0.225 e. The monoisotopic (exact) mass is 287 g/mol. The van der Waals surface area contributed by atoms with Crippen molar-refractivity contribution in [1.29, 1.82) is 0 Å². The molecule has 0 saturated carbocycles. The fourth-order valence-electron chi connectivity index (χ4n) is 3.34. The molecule has 4 heteroatoms. The number of nitrogens with zero attached hydrogens (tertiary/aromatic N) is 2. The van der Waals surface area contributed by atoms with Gasteiger partial charge in [0.05, 0.1) is 0 Å². The molecule has 2 aliphatic heterocycles. The number of carbonyl (C=O) groups excluding carboxylic acids is 1. The van der Waals surface area contributed by atoms with Gasteiger partial charge < -0.3 is 15.1 Å². The minimum Gasteiger partial charge on any atom is -0.368 e. The van der Waals surface area contributed by atoms with E-state index in [9.17, 15) is 4.79 Å². The van der Waals surface area contributed by atoms with Gasteiger partial charge in [0.25, 0.3) is 0 Å². The van der Waals surface area contributed by atoms with Crippen LogP contribution in [0.25, 0.3) is 0 Å². The van der Waals surface area contributed by atoms with Gasteiger partial charge in [-0.3, -0.25) is 4.79 Å². The molecule has 0 aliphatic carbocycles. The van der Waals surface area contributed by atoms with Crippen LogP contribution >= 0.6 is 0 Å². The Morgan fingerprint density at radius 1 is 1.14 bits per heavy atom. The summed E-state index contributed by atoms with van der Waals surface area (Å²) in [6.45, 7) is 7.70. The van der Waals surface area contributed by atoms with Crippen LogP contribution in [0.1, 0.15) is 18.4 Å². The lowest BCUT2D eigenvalue weighted by atomic mass is 9.96. The van der Waals surface area contributed by atoms with E-state index in [-0.39, 0.29) is 5.92 Å². The van der Waals surface area contributed by atoms with Crippen LogP contribution in [0, 0.1) is 12.8 Å². The molecule has 2 saturated heterocycles. The summed E-state index contributed by atoms with van der Waals surface area (Å²) in [5, 5.41) is 3.33. The molecule has 0 spiro atoms. The fraction of sp³-hybridized carbons (Fsp3) is 0.588. The third-order valence-corrected chi connectivity index (χ3v) is 4.65. The maximum absolute atomic E-state index is 12.5. The van der Waals surface area contributed by atoms with E-state index >= 15 is 0 Å². The molecule has 1 amide bonds. The minimum absolute atomic E-state index is 0.247. The van der Waals surface area contributed by atoms with E-state index in [0.717, 1.165) is 52.1 Å². The van der Waals surface area contributed by atoms with E-state index in [2.05, 4.69) is 46.3 Å². The average molecular weight is 287 g/mol. The molecule has 0 atom stereocenters. The first-order valence-corrected chi connectivity index (χ1v) is 8.05. The van der Waals surface area contributed by atoms with Gasteiger partial charge in [0.1, 0.15) is 0 Å². The zero-order chi connectivity index (χ0) is 14.7. The van der Waals surface area contributed by atoms with Crippen LogP contribution in [-0.4, -0.2) is 50.1 Å². The van der Waals surface area contributed by atoms with Crippen molar-refractivity contribution in [3.05, 3.63) is 29.8 Å². The number of piperidine rings is 1. The summed E-state index contributed by atoms with van der Waals surface area (Å²) in [4.78, 5) is 17.0. The second-order valence-electron chi connectivity index (χ2n) is 6.18. The van der Waals surface area contributed by atoms with Crippen LogP contribution in [0.5, 0.6) is 0 Å². The Morgan fingerprint density at radius 2 is 1.86 bits per heavy atom. The molecule has 1 N–H and O–H groups in total. The van der Waals surface area contributed by atoms with Crippen LogP contribution in [0.4, 0.5) is 5.69 Å². The quantitative estimate of drug-likeness (QED) is 0.898. The van der Waals surface area contributed by atoms with Crippen molar-refractivity contribution >= 4 is 11.6 Å². The molecular formula is C17H25N3O. The third kappa shape index (κ3) is 3.38. The number of nitrogens with one attached hydrogen (secondary N) is 1. The molecule has 1 aromatic carbocycles. The number of rotatable bonds is 2. The fourth-order valence-corrected chi connectivity index (χ4v) is 3.34. The van der Waals surface area contributed by atoms with E-state index in [1.54, 1.807) is 0 Å². The van der Waals surface area contributed by atoms with Gasteiger partial charge in [-0.1, -0.05) is 12.1 Å². The van der Waals surface area contributed by atoms with Gasteiger partial charge in [-0.15, -0.1) is 0 Å². The number of aryl methyl sites for hydroxylation is 1. The Morgan fingerprint density at radius 3 is 2.52 bits per heavy atom. The first-order valence-electron chi connectivity index (χ1n) is 8.05. The summed E-state index contributed by atoms with van der Waals surface area (Å²) in [5.41, 5.74) is 2.57. The SMILES string of the molecule is Cc1cccc(N2CCN(C(=O)C3CCNCC3)CC2)c1. The third-order valence-electron chi connectivity index (χ3n) is 4.65. The van der Waals surface area contributed by atoms with Gasteiger partial charge in [-0.25, -0.2) is 0 Å². The van der Waals surface area contributed by atoms with Crippen molar-refractivity contribution in [3.63, 3.8) is 0 Å². The molecule has 1 aromatic rings. The van der Waals surface area contributed by atoms with Crippen molar-refractivity contribution in [1.82, 2.24) is 10.2 Å². The molecule has 0 unspecified atom stereocenters. The van der Waals surface area contributed by atoms with Gasteiger partial charge in [0.15, 0.2) is 0 Å². The highest BCUT2D eigenvalue weighted by Crippen LogP contribution is 2.20. The summed E-state index contributed by atoms with van der Waals surface area (Å²) in [7, 11) is 0. The van der Waals surface area contributed by atoms with Gasteiger partial charge in [0, 0.05) is 37.8 Å². The zero-order valence-electron chi connectivity index (χ0n) is 12.8. The Balaban J connectivity index is 1.56. The largest absolute Gasteiger partial charge is 0.368 e. The first-order chi connectivity index (χ1) is 10.2. The molecule has 21 heavy (non-hydrogen) atoms. The van der Waals surface area contributed by atoms with Crippen molar-refractivity contribution in [2.45, 2.75) is 19.8 Å². The normalized spacial score (nSPS) is 20.6. The maximum atomic E-state index is 12.5. The van der Waals surface area contributed by atoms with Crippen molar-refractivity contribution in [2.75, 3.05) is 44.2 Å². The lowest BCUT2D eigenvalue weighted by Crippen LogP contribution is -2.51.